The van der Waals surface area contributed by atoms with Crippen LogP contribution in [0.1, 0.15) is 17.2 Å². The zero-order valence-corrected chi connectivity index (χ0v) is 17.1. The van der Waals surface area contributed by atoms with Crippen molar-refractivity contribution < 1.29 is 19.3 Å². The maximum atomic E-state index is 13.6. The predicted molar refractivity (Wildman–Crippen MR) is 117 cm³/mol. The molecule has 0 N–H and O–H groups in total. The largest absolute Gasteiger partial charge is 0.274 e. The smallest absolute Gasteiger partial charge is 0.273 e. The number of carbonyl (C=O) groups excluding carboxylic acids is 2. The molecule has 9 nitrogen and oxygen atoms in total. The van der Waals surface area contributed by atoms with Crippen LogP contribution in [0.5, 0.6) is 0 Å². The number of nitrogens with zero attached hydrogens (tertiary/aromatic N) is 4. The van der Waals surface area contributed by atoms with Crippen LogP contribution in [0.4, 0.5) is 17.1 Å². The molecule has 0 bridgehead atoms. The first-order valence-corrected chi connectivity index (χ1v) is 10.1. The molecule has 162 valence electrons. The maximum Gasteiger partial charge on any atom is 0.274 e. The molecule has 0 spiro atoms. The number of para-hydroxylation sites is 2. The van der Waals surface area contributed by atoms with Gasteiger partial charge in [0.05, 0.1) is 33.5 Å². The molecule has 2 aliphatic rings. The number of hydrogen-bond donors (Lipinski definition) is 0. The number of rotatable bonds is 4. The third kappa shape index (κ3) is 3.21. The molecule has 2 aliphatic heterocycles. The summed E-state index contributed by atoms with van der Waals surface area (Å²) in [6, 6.07) is 22.2. The van der Waals surface area contributed by atoms with E-state index in [9.17, 15) is 19.7 Å². The number of anilines is 2. The van der Waals surface area contributed by atoms with Crippen molar-refractivity contribution in [2.24, 2.45) is 5.92 Å². The van der Waals surface area contributed by atoms with E-state index in [-0.39, 0.29) is 11.3 Å². The minimum Gasteiger partial charge on any atom is -0.273 e. The summed E-state index contributed by atoms with van der Waals surface area (Å²) in [7, 11) is 0. The molecule has 0 aliphatic carbocycles. The molecule has 9 heteroatoms. The summed E-state index contributed by atoms with van der Waals surface area (Å²) in [4.78, 5) is 45.1. The lowest BCUT2D eigenvalue weighted by molar-refractivity contribution is -0.385. The van der Waals surface area contributed by atoms with E-state index in [1.807, 2.05) is 12.1 Å². The number of carbonyl (C=O) groups is 2. The second-order valence-corrected chi connectivity index (χ2v) is 7.64. The second-order valence-electron chi connectivity index (χ2n) is 7.64. The van der Waals surface area contributed by atoms with Crippen LogP contribution in [0.15, 0.2) is 78.9 Å². The quantitative estimate of drug-likeness (QED) is 0.346. The van der Waals surface area contributed by atoms with E-state index in [1.165, 1.54) is 35.4 Å². The summed E-state index contributed by atoms with van der Waals surface area (Å²) in [5, 5.41) is 22.2. The van der Waals surface area contributed by atoms with E-state index in [4.69, 9.17) is 10.1 Å². The molecule has 2 amide bonds. The van der Waals surface area contributed by atoms with Crippen molar-refractivity contribution in [2.45, 2.75) is 12.1 Å². The first-order chi connectivity index (χ1) is 16.0. The number of hydrogen-bond acceptors (Lipinski definition) is 7. The van der Waals surface area contributed by atoms with Crippen molar-refractivity contribution in [2.75, 3.05) is 9.96 Å². The van der Waals surface area contributed by atoms with E-state index in [0.29, 0.717) is 16.9 Å². The van der Waals surface area contributed by atoms with Gasteiger partial charge in [-0.3, -0.25) is 24.5 Å². The Morgan fingerprint density at radius 1 is 0.879 bits per heavy atom. The van der Waals surface area contributed by atoms with Crippen LogP contribution in [0.2, 0.25) is 0 Å². The van der Waals surface area contributed by atoms with Crippen LogP contribution in [-0.4, -0.2) is 22.8 Å². The first kappa shape index (κ1) is 20.4. The fourth-order valence-corrected chi connectivity index (χ4v) is 4.37. The van der Waals surface area contributed by atoms with Gasteiger partial charge in [-0.25, -0.2) is 9.96 Å². The summed E-state index contributed by atoms with van der Waals surface area (Å²) in [6.07, 6.45) is -1.14. The van der Waals surface area contributed by atoms with E-state index in [0.717, 1.165) is 4.90 Å². The maximum absolute atomic E-state index is 13.6. The molecule has 2 saturated heterocycles. The monoisotopic (exact) mass is 440 g/mol. The number of benzene rings is 3. The van der Waals surface area contributed by atoms with Crippen molar-refractivity contribution in [3.05, 3.63) is 100 Å². The summed E-state index contributed by atoms with van der Waals surface area (Å²) < 4.78 is 0. The van der Waals surface area contributed by atoms with Crippen molar-refractivity contribution in [3.8, 4) is 6.07 Å². The average Bonchev–Trinajstić information content (AvgIpc) is 3.35. The molecule has 33 heavy (non-hydrogen) atoms. The molecule has 2 heterocycles. The third-order valence-electron chi connectivity index (χ3n) is 5.83. The van der Waals surface area contributed by atoms with E-state index in [1.54, 1.807) is 42.5 Å². The van der Waals surface area contributed by atoms with E-state index < -0.39 is 34.8 Å². The van der Waals surface area contributed by atoms with Gasteiger partial charge in [0.15, 0.2) is 6.10 Å². The third-order valence-corrected chi connectivity index (χ3v) is 5.83. The van der Waals surface area contributed by atoms with Crippen LogP contribution >= 0.6 is 0 Å². The van der Waals surface area contributed by atoms with Crippen LogP contribution < -0.4 is 9.96 Å². The molecule has 3 aromatic rings. The van der Waals surface area contributed by atoms with Gasteiger partial charge in [-0.15, -0.1) is 0 Å². The fraction of sp³-hybridized carbons (Fsp3) is 0.125. The topological polar surface area (TPSA) is 117 Å². The lowest BCUT2D eigenvalue weighted by atomic mass is 9.89. The summed E-state index contributed by atoms with van der Waals surface area (Å²) >= 11 is 0. The highest BCUT2D eigenvalue weighted by Gasteiger charge is 2.61. The van der Waals surface area contributed by atoms with Crippen LogP contribution in [-0.2, 0) is 14.4 Å². The lowest BCUT2D eigenvalue weighted by Crippen LogP contribution is -2.37. The predicted octanol–water partition coefficient (Wildman–Crippen LogP) is 3.52. The second kappa shape index (κ2) is 7.85. The van der Waals surface area contributed by atoms with Gasteiger partial charge in [0, 0.05) is 6.07 Å². The minimum atomic E-state index is -1.14. The number of hydroxylamine groups is 1. The normalized spacial score (nSPS) is 21.7. The summed E-state index contributed by atoms with van der Waals surface area (Å²) in [5.41, 5.74) is 1.39. The number of nitro benzene ring substituents is 1. The highest BCUT2D eigenvalue weighted by atomic mass is 16.7. The Morgan fingerprint density at radius 3 is 2.21 bits per heavy atom. The van der Waals surface area contributed by atoms with Crippen LogP contribution in [0, 0.1) is 27.4 Å². The van der Waals surface area contributed by atoms with Crippen molar-refractivity contribution >= 4 is 28.9 Å². The van der Waals surface area contributed by atoms with Gasteiger partial charge in [0.25, 0.3) is 11.6 Å². The van der Waals surface area contributed by atoms with Gasteiger partial charge < -0.3 is 0 Å². The van der Waals surface area contributed by atoms with E-state index >= 15 is 0 Å². The Hall–Kier alpha value is -4.55. The molecular formula is C24H16N4O5. The van der Waals surface area contributed by atoms with Crippen molar-refractivity contribution in [3.63, 3.8) is 0 Å². The molecular weight excluding hydrogens is 424 g/mol. The lowest BCUT2D eigenvalue weighted by Gasteiger charge is -2.28. The zero-order valence-electron chi connectivity index (χ0n) is 17.1. The Morgan fingerprint density at radius 2 is 1.55 bits per heavy atom. The van der Waals surface area contributed by atoms with Gasteiger partial charge in [0.1, 0.15) is 12.0 Å². The summed E-state index contributed by atoms with van der Waals surface area (Å²) in [6.45, 7) is 0. The number of amides is 2. The van der Waals surface area contributed by atoms with Crippen molar-refractivity contribution in [1.82, 2.24) is 0 Å². The number of imide groups is 1. The first-order valence-electron chi connectivity index (χ1n) is 10.1. The Labute approximate surface area is 188 Å². The zero-order chi connectivity index (χ0) is 23.1. The van der Waals surface area contributed by atoms with Gasteiger partial charge in [0.2, 0.25) is 5.91 Å². The molecule has 0 saturated carbocycles. The van der Waals surface area contributed by atoms with Gasteiger partial charge in [-0.1, -0.05) is 30.3 Å². The van der Waals surface area contributed by atoms with Gasteiger partial charge in [-0.2, -0.15) is 5.26 Å². The summed E-state index contributed by atoms with van der Waals surface area (Å²) in [5.74, 6) is -2.07. The van der Waals surface area contributed by atoms with Crippen molar-refractivity contribution in [1.29, 1.82) is 5.26 Å². The molecule has 0 aromatic heterocycles. The van der Waals surface area contributed by atoms with Crippen LogP contribution in [0.25, 0.3) is 0 Å². The standard InChI is InChI=1S/C24H16N4O5/c25-14-15-10-12-16(13-11-15)26-23(29)20-21(18-8-4-5-9-19(18)28(31)32)27(33-22(20)24(26)30)17-6-2-1-3-7-17/h1-13,20-22H. The Bertz CT molecular complexity index is 1300. The molecule has 2 fully saturated rings. The SMILES string of the molecule is N#Cc1ccc(N2C(=O)C3ON(c4ccccc4)C(c4ccccc4[N+](=O)[O-])C3C2=O)cc1. The number of nitriles is 1. The number of nitro groups is 1. The average molecular weight is 440 g/mol. The highest BCUT2D eigenvalue weighted by Crippen LogP contribution is 2.49. The molecule has 0 radical (unpaired) electrons. The van der Waals surface area contributed by atoms with Gasteiger partial charge >= 0.3 is 0 Å². The molecule has 3 unspecified atom stereocenters. The molecule has 5 rings (SSSR count). The van der Waals surface area contributed by atoms with E-state index in [2.05, 4.69) is 0 Å². The Balaban J connectivity index is 1.62. The Kier molecular flexibility index (Phi) is 4.84. The van der Waals surface area contributed by atoms with Crippen LogP contribution in [0.3, 0.4) is 0 Å². The number of fused-ring (bicyclic) bond motifs is 1. The van der Waals surface area contributed by atoms with Gasteiger partial charge in [-0.05, 0) is 42.5 Å². The molecule has 3 atom stereocenters. The molecule has 3 aromatic carbocycles. The highest BCUT2D eigenvalue weighted by molar-refractivity contribution is 6.24. The minimum absolute atomic E-state index is 0.162. The fourth-order valence-electron chi connectivity index (χ4n) is 4.37.